The van der Waals surface area contributed by atoms with E-state index in [0.29, 0.717) is 0 Å². The van der Waals surface area contributed by atoms with Crippen molar-refractivity contribution in [2.24, 2.45) is 5.92 Å². The molecule has 1 unspecified atom stereocenters. The van der Waals surface area contributed by atoms with Crippen molar-refractivity contribution in [3.8, 4) is 11.8 Å². The number of nitriles is 1. The molecule has 1 aliphatic rings. The monoisotopic (exact) mass is 244 g/mol. The molecule has 0 bridgehead atoms. The molecule has 1 atom stereocenters. The number of benzene rings is 1. The highest BCUT2D eigenvalue weighted by atomic mass is 16.5. The van der Waals surface area contributed by atoms with Crippen molar-refractivity contribution in [3.63, 3.8) is 0 Å². The fourth-order valence-corrected chi connectivity index (χ4v) is 2.32. The molecule has 0 spiro atoms. The topological polar surface area (TPSA) is 36.3 Å². The van der Waals surface area contributed by atoms with Gasteiger partial charge in [-0.15, -0.1) is 0 Å². The highest BCUT2D eigenvalue weighted by molar-refractivity contribution is 5.49. The van der Waals surface area contributed by atoms with Gasteiger partial charge in [0, 0.05) is 18.8 Å². The number of anilines is 1. The predicted octanol–water partition coefficient (Wildman–Crippen LogP) is 3.21. The lowest BCUT2D eigenvalue weighted by Crippen LogP contribution is -2.34. The van der Waals surface area contributed by atoms with Gasteiger partial charge in [-0.25, -0.2) is 0 Å². The van der Waals surface area contributed by atoms with Crippen LogP contribution in [0.25, 0.3) is 0 Å². The molecule has 3 heteroatoms. The molecule has 1 aromatic rings. The molecule has 1 fully saturated rings. The average molecular weight is 244 g/mol. The summed E-state index contributed by atoms with van der Waals surface area (Å²) in [6, 6.07) is 10.5. The summed E-state index contributed by atoms with van der Waals surface area (Å²) in [4.78, 5) is 2.29. The van der Waals surface area contributed by atoms with Gasteiger partial charge < -0.3 is 9.64 Å². The molecule has 1 saturated heterocycles. The van der Waals surface area contributed by atoms with Crippen LogP contribution in [0.1, 0.15) is 26.7 Å². The molecule has 1 aromatic carbocycles. The summed E-state index contributed by atoms with van der Waals surface area (Å²) in [5, 5.41) is 9.00. The summed E-state index contributed by atoms with van der Waals surface area (Å²) in [5.41, 5.74) is 1.19. The zero-order chi connectivity index (χ0) is 13.0. The van der Waals surface area contributed by atoms with Crippen molar-refractivity contribution < 1.29 is 4.74 Å². The molecule has 0 aromatic heterocycles. The Kier molecular flexibility index (Phi) is 4.09. The lowest BCUT2D eigenvalue weighted by molar-refractivity contribution is 0.242. The molecule has 0 saturated carbocycles. The Morgan fingerprint density at radius 3 is 2.67 bits per heavy atom. The van der Waals surface area contributed by atoms with Crippen molar-refractivity contribution in [3.05, 3.63) is 24.3 Å². The fraction of sp³-hybridized carbons (Fsp3) is 0.533. The summed E-state index contributed by atoms with van der Waals surface area (Å²) >= 11 is 0. The number of nitrogens with zero attached hydrogens (tertiary/aromatic N) is 2. The van der Waals surface area contributed by atoms with E-state index < -0.39 is 0 Å². The Morgan fingerprint density at radius 2 is 2.06 bits per heavy atom. The van der Waals surface area contributed by atoms with Crippen LogP contribution in [-0.2, 0) is 0 Å². The largest absolute Gasteiger partial charge is 0.491 e. The van der Waals surface area contributed by atoms with Crippen LogP contribution in [-0.4, -0.2) is 19.2 Å². The summed E-state index contributed by atoms with van der Waals surface area (Å²) < 4.78 is 5.63. The molecule has 0 N–H and O–H groups in total. The molecular formula is C15H20N2O. The van der Waals surface area contributed by atoms with Gasteiger partial charge in [-0.2, -0.15) is 5.26 Å². The zero-order valence-electron chi connectivity index (χ0n) is 11.1. The van der Waals surface area contributed by atoms with E-state index in [0.717, 1.165) is 31.7 Å². The third-order valence-corrected chi connectivity index (χ3v) is 3.18. The lowest BCUT2D eigenvalue weighted by atomic mass is 9.99. The fourth-order valence-electron chi connectivity index (χ4n) is 2.32. The van der Waals surface area contributed by atoms with E-state index in [2.05, 4.69) is 23.1 Å². The number of piperidine rings is 1. The van der Waals surface area contributed by atoms with Crippen molar-refractivity contribution >= 4 is 5.69 Å². The lowest BCUT2D eigenvalue weighted by Gasteiger charge is -2.31. The Morgan fingerprint density at radius 1 is 1.33 bits per heavy atom. The van der Waals surface area contributed by atoms with E-state index in [1.807, 2.05) is 26.0 Å². The van der Waals surface area contributed by atoms with Crippen LogP contribution in [0.2, 0.25) is 0 Å². The molecule has 1 aliphatic heterocycles. The Balaban J connectivity index is 2.03. The van der Waals surface area contributed by atoms with Crippen LogP contribution in [0.15, 0.2) is 24.3 Å². The Labute approximate surface area is 109 Å². The number of hydrogen-bond donors (Lipinski definition) is 0. The van der Waals surface area contributed by atoms with Crippen molar-refractivity contribution in [1.29, 1.82) is 5.26 Å². The van der Waals surface area contributed by atoms with E-state index in [4.69, 9.17) is 10.00 Å². The molecule has 0 amide bonds. The van der Waals surface area contributed by atoms with Gasteiger partial charge >= 0.3 is 0 Å². The van der Waals surface area contributed by atoms with Crippen LogP contribution in [0, 0.1) is 17.2 Å². The molecule has 18 heavy (non-hydrogen) atoms. The molecule has 1 heterocycles. The average Bonchev–Trinajstić information content (AvgIpc) is 2.39. The minimum Gasteiger partial charge on any atom is -0.491 e. The molecule has 0 radical (unpaired) electrons. The molecule has 0 aliphatic carbocycles. The minimum atomic E-state index is 0.172. The van der Waals surface area contributed by atoms with Crippen molar-refractivity contribution in [2.45, 2.75) is 32.8 Å². The molecule has 96 valence electrons. The number of rotatable bonds is 3. The van der Waals surface area contributed by atoms with Gasteiger partial charge in [0.05, 0.1) is 18.1 Å². The number of ether oxygens (including phenoxy) is 1. The Bertz CT molecular complexity index is 419. The predicted molar refractivity (Wildman–Crippen MR) is 72.8 cm³/mol. The second-order valence-corrected chi connectivity index (χ2v) is 5.07. The summed E-state index contributed by atoms with van der Waals surface area (Å²) in [6.45, 7) is 5.94. The van der Waals surface area contributed by atoms with E-state index in [9.17, 15) is 0 Å². The van der Waals surface area contributed by atoms with Gasteiger partial charge in [0.1, 0.15) is 5.75 Å². The summed E-state index contributed by atoms with van der Waals surface area (Å²) in [6.07, 6.45) is 2.33. The van der Waals surface area contributed by atoms with E-state index in [-0.39, 0.29) is 12.0 Å². The van der Waals surface area contributed by atoms with Crippen LogP contribution >= 0.6 is 0 Å². The molecule has 2 rings (SSSR count). The molecular weight excluding hydrogens is 224 g/mol. The third-order valence-electron chi connectivity index (χ3n) is 3.18. The van der Waals surface area contributed by atoms with Gasteiger partial charge in [-0.05, 0) is 51.0 Å². The second-order valence-electron chi connectivity index (χ2n) is 5.07. The van der Waals surface area contributed by atoms with Crippen molar-refractivity contribution in [1.82, 2.24) is 0 Å². The Hall–Kier alpha value is -1.69. The second kappa shape index (κ2) is 5.77. The summed E-state index contributed by atoms with van der Waals surface area (Å²) in [7, 11) is 0. The minimum absolute atomic E-state index is 0.172. The van der Waals surface area contributed by atoms with Gasteiger partial charge in [-0.3, -0.25) is 0 Å². The smallest absolute Gasteiger partial charge is 0.119 e. The van der Waals surface area contributed by atoms with E-state index >= 15 is 0 Å². The van der Waals surface area contributed by atoms with Crippen molar-refractivity contribution in [2.75, 3.05) is 18.0 Å². The summed E-state index contributed by atoms with van der Waals surface area (Å²) in [5.74, 6) is 1.08. The van der Waals surface area contributed by atoms with E-state index in [1.165, 1.54) is 5.69 Å². The number of hydrogen-bond acceptors (Lipinski definition) is 3. The first-order chi connectivity index (χ1) is 8.69. The highest BCUT2D eigenvalue weighted by Crippen LogP contribution is 2.25. The normalized spacial score (nSPS) is 19.7. The van der Waals surface area contributed by atoms with Gasteiger partial charge in [0.2, 0.25) is 0 Å². The maximum Gasteiger partial charge on any atom is 0.119 e. The third kappa shape index (κ3) is 3.16. The van der Waals surface area contributed by atoms with Crippen LogP contribution in [0.5, 0.6) is 5.75 Å². The van der Waals surface area contributed by atoms with Crippen LogP contribution in [0.3, 0.4) is 0 Å². The van der Waals surface area contributed by atoms with Crippen LogP contribution in [0.4, 0.5) is 5.69 Å². The van der Waals surface area contributed by atoms with Gasteiger partial charge in [0.15, 0.2) is 0 Å². The SMILES string of the molecule is CC(C)Oc1ccc(N2CCCC(C#N)C2)cc1. The van der Waals surface area contributed by atoms with Gasteiger partial charge in [-0.1, -0.05) is 0 Å². The van der Waals surface area contributed by atoms with Crippen LogP contribution < -0.4 is 9.64 Å². The van der Waals surface area contributed by atoms with E-state index in [1.54, 1.807) is 0 Å². The molecule has 3 nitrogen and oxygen atoms in total. The zero-order valence-corrected chi connectivity index (χ0v) is 11.1. The maximum absolute atomic E-state index is 9.00. The quantitative estimate of drug-likeness (QED) is 0.819. The first kappa shape index (κ1) is 12.8. The first-order valence-corrected chi connectivity index (χ1v) is 6.60. The maximum atomic E-state index is 9.00. The highest BCUT2D eigenvalue weighted by Gasteiger charge is 2.19. The first-order valence-electron chi connectivity index (χ1n) is 6.60. The van der Waals surface area contributed by atoms with Gasteiger partial charge in [0.25, 0.3) is 0 Å². The standard InChI is InChI=1S/C15H20N2O/c1-12(2)18-15-7-5-14(6-8-15)17-9-3-4-13(10-16)11-17/h5-8,12-13H,3-4,9,11H2,1-2H3.